The van der Waals surface area contributed by atoms with E-state index < -0.39 is 10.0 Å². The lowest BCUT2D eigenvalue weighted by atomic mass is 10.1. The molecule has 0 saturated carbocycles. The van der Waals surface area contributed by atoms with E-state index in [0.29, 0.717) is 5.56 Å². The first-order valence-electron chi connectivity index (χ1n) is 7.28. The molecule has 2 aromatic rings. The lowest BCUT2D eigenvalue weighted by Gasteiger charge is -2.12. The summed E-state index contributed by atoms with van der Waals surface area (Å²) in [6.07, 6.45) is 0.816. The van der Waals surface area contributed by atoms with Gasteiger partial charge in [0.1, 0.15) is 0 Å². The number of benzene rings is 2. The lowest BCUT2D eigenvalue weighted by Crippen LogP contribution is -2.22. The number of hydrogen-bond donors (Lipinski definition) is 1. The summed E-state index contributed by atoms with van der Waals surface area (Å²) >= 11 is 0. The summed E-state index contributed by atoms with van der Waals surface area (Å²) in [5, 5.41) is 2.86. The smallest absolute Gasteiger partial charge is 0.255 e. The fourth-order valence-corrected chi connectivity index (χ4v) is 3.04. The molecule has 0 fully saturated rings. The van der Waals surface area contributed by atoms with Crippen LogP contribution in [0.1, 0.15) is 22.8 Å². The number of carbonyl (C=O) groups excluding carboxylic acids is 1. The molecule has 2 aromatic carbocycles. The predicted octanol–water partition coefficient (Wildman–Crippen LogP) is 2.75. The number of hydrogen-bond acceptors (Lipinski definition) is 3. The van der Waals surface area contributed by atoms with Crippen LogP contribution in [0.2, 0.25) is 0 Å². The van der Waals surface area contributed by atoms with Crippen LogP contribution in [0.3, 0.4) is 0 Å². The van der Waals surface area contributed by atoms with Crippen LogP contribution in [0.5, 0.6) is 0 Å². The summed E-state index contributed by atoms with van der Waals surface area (Å²) in [7, 11) is -0.548. The molecule has 2 rings (SSSR count). The fourth-order valence-electron chi connectivity index (χ4n) is 2.13. The van der Waals surface area contributed by atoms with Gasteiger partial charge in [0.15, 0.2) is 0 Å². The first-order valence-corrected chi connectivity index (χ1v) is 8.72. The van der Waals surface area contributed by atoms with Gasteiger partial charge in [-0.25, -0.2) is 12.7 Å². The summed E-state index contributed by atoms with van der Waals surface area (Å²) in [4.78, 5) is 12.5. The summed E-state index contributed by atoms with van der Waals surface area (Å²) in [5.41, 5.74) is 2.23. The SMILES string of the molecule is CCc1ccccc1NC(=O)c1ccc(S(=O)(=O)N(C)C)cc1. The second kappa shape index (κ2) is 6.93. The molecule has 0 radical (unpaired) electrons. The van der Waals surface area contributed by atoms with Gasteiger partial charge in [0.05, 0.1) is 4.90 Å². The maximum Gasteiger partial charge on any atom is 0.255 e. The van der Waals surface area contributed by atoms with Crippen molar-refractivity contribution >= 4 is 21.6 Å². The van der Waals surface area contributed by atoms with Crippen LogP contribution in [0.15, 0.2) is 53.4 Å². The first kappa shape index (κ1) is 17.2. The van der Waals surface area contributed by atoms with Gasteiger partial charge in [-0.1, -0.05) is 25.1 Å². The Morgan fingerprint density at radius 3 is 2.22 bits per heavy atom. The highest BCUT2D eigenvalue weighted by Crippen LogP contribution is 2.18. The van der Waals surface area contributed by atoms with E-state index in [1.807, 2.05) is 31.2 Å². The Bertz CT molecular complexity index is 797. The second-order valence-corrected chi connectivity index (χ2v) is 7.43. The molecule has 0 aliphatic carbocycles. The molecule has 5 nitrogen and oxygen atoms in total. The number of sulfonamides is 1. The van der Waals surface area contributed by atoms with E-state index in [-0.39, 0.29) is 10.8 Å². The molecule has 0 bridgehead atoms. The average molecular weight is 332 g/mol. The van der Waals surface area contributed by atoms with Crippen molar-refractivity contribution in [1.82, 2.24) is 4.31 Å². The van der Waals surface area contributed by atoms with Gasteiger partial charge in [-0.05, 0) is 42.3 Å². The molecular weight excluding hydrogens is 312 g/mol. The number of para-hydroxylation sites is 1. The molecule has 0 aromatic heterocycles. The van der Waals surface area contributed by atoms with Gasteiger partial charge in [-0.2, -0.15) is 0 Å². The zero-order chi connectivity index (χ0) is 17.0. The Morgan fingerprint density at radius 2 is 1.65 bits per heavy atom. The van der Waals surface area contributed by atoms with E-state index in [1.165, 1.54) is 38.4 Å². The standard InChI is InChI=1S/C17H20N2O3S/c1-4-13-7-5-6-8-16(13)18-17(20)14-9-11-15(12-10-14)23(21,22)19(2)3/h5-12H,4H2,1-3H3,(H,18,20). The minimum absolute atomic E-state index is 0.160. The van der Waals surface area contributed by atoms with Gasteiger partial charge < -0.3 is 5.32 Å². The van der Waals surface area contributed by atoms with Crippen molar-refractivity contribution in [3.05, 3.63) is 59.7 Å². The van der Waals surface area contributed by atoms with E-state index in [4.69, 9.17) is 0 Å². The Hall–Kier alpha value is -2.18. The molecule has 0 unspecified atom stereocenters. The number of rotatable bonds is 5. The van der Waals surface area contributed by atoms with E-state index in [9.17, 15) is 13.2 Å². The molecule has 6 heteroatoms. The summed E-state index contributed by atoms with van der Waals surface area (Å²) in [6.45, 7) is 2.02. The zero-order valence-electron chi connectivity index (χ0n) is 13.4. The van der Waals surface area contributed by atoms with Crippen LogP contribution >= 0.6 is 0 Å². The van der Waals surface area contributed by atoms with Crippen molar-refractivity contribution in [3.8, 4) is 0 Å². The van der Waals surface area contributed by atoms with Crippen molar-refractivity contribution in [2.24, 2.45) is 0 Å². The van der Waals surface area contributed by atoms with Gasteiger partial charge in [-0.3, -0.25) is 4.79 Å². The topological polar surface area (TPSA) is 66.5 Å². The minimum atomic E-state index is -3.49. The highest BCUT2D eigenvalue weighted by atomic mass is 32.2. The molecule has 0 aliphatic heterocycles. The van der Waals surface area contributed by atoms with Crippen LogP contribution < -0.4 is 5.32 Å². The number of carbonyl (C=O) groups is 1. The number of aryl methyl sites for hydroxylation is 1. The molecule has 0 spiro atoms. The number of nitrogens with zero attached hydrogens (tertiary/aromatic N) is 1. The Labute approximate surface area is 137 Å². The van der Waals surface area contributed by atoms with E-state index in [1.54, 1.807) is 0 Å². The molecule has 23 heavy (non-hydrogen) atoms. The largest absolute Gasteiger partial charge is 0.322 e. The van der Waals surface area contributed by atoms with Gasteiger partial charge in [-0.15, -0.1) is 0 Å². The number of anilines is 1. The van der Waals surface area contributed by atoms with Crippen LogP contribution in [0.4, 0.5) is 5.69 Å². The molecule has 0 heterocycles. The molecule has 122 valence electrons. The van der Waals surface area contributed by atoms with Crippen molar-refractivity contribution < 1.29 is 13.2 Å². The monoisotopic (exact) mass is 332 g/mol. The van der Waals surface area contributed by atoms with Crippen LogP contribution in [0.25, 0.3) is 0 Å². The van der Waals surface area contributed by atoms with E-state index in [2.05, 4.69) is 5.32 Å². The lowest BCUT2D eigenvalue weighted by molar-refractivity contribution is 0.102. The van der Waals surface area contributed by atoms with Crippen molar-refractivity contribution in [1.29, 1.82) is 0 Å². The molecule has 1 amide bonds. The summed E-state index contributed by atoms with van der Waals surface area (Å²) in [5.74, 6) is -0.264. The fraction of sp³-hybridized carbons (Fsp3) is 0.235. The molecule has 0 saturated heterocycles. The van der Waals surface area contributed by atoms with E-state index in [0.717, 1.165) is 22.0 Å². The molecule has 1 N–H and O–H groups in total. The van der Waals surface area contributed by atoms with Gasteiger partial charge in [0, 0.05) is 25.3 Å². The second-order valence-electron chi connectivity index (χ2n) is 5.28. The Balaban J connectivity index is 2.21. The Morgan fingerprint density at radius 1 is 1.04 bits per heavy atom. The Kier molecular flexibility index (Phi) is 5.18. The summed E-state index contributed by atoms with van der Waals surface area (Å²) in [6, 6.07) is 13.5. The number of amides is 1. The van der Waals surface area contributed by atoms with Crippen molar-refractivity contribution in [3.63, 3.8) is 0 Å². The highest BCUT2D eigenvalue weighted by Gasteiger charge is 2.17. The molecular formula is C17H20N2O3S. The van der Waals surface area contributed by atoms with Crippen molar-refractivity contribution in [2.75, 3.05) is 19.4 Å². The quantitative estimate of drug-likeness (QED) is 0.915. The average Bonchev–Trinajstić information content (AvgIpc) is 2.55. The third-order valence-electron chi connectivity index (χ3n) is 3.54. The van der Waals surface area contributed by atoms with Crippen LogP contribution in [-0.2, 0) is 16.4 Å². The van der Waals surface area contributed by atoms with Gasteiger partial charge in [0.25, 0.3) is 5.91 Å². The maximum atomic E-state index is 12.3. The van der Waals surface area contributed by atoms with Crippen LogP contribution in [0, 0.1) is 0 Å². The minimum Gasteiger partial charge on any atom is -0.322 e. The summed E-state index contributed by atoms with van der Waals surface area (Å²) < 4.78 is 25.2. The third-order valence-corrected chi connectivity index (χ3v) is 5.37. The highest BCUT2D eigenvalue weighted by molar-refractivity contribution is 7.89. The number of nitrogens with one attached hydrogen (secondary N) is 1. The first-order chi connectivity index (χ1) is 10.9. The van der Waals surface area contributed by atoms with Gasteiger partial charge in [0.2, 0.25) is 10.0 Å². The normalized spacial score (nSPS) is 11.5. The molecule has 0 atom stereocenters. The van der Waals surface area contributed by atoms with E-state index >= 15 is 0 Å². The third kappa shape index (κ3) is 3.78. The molecule has 0 aliphatic rings. The zero-order valence-corrected chi connectivity index (χ0v) is 14.2. The maximum absolute atomic E-state index is 12.3. The predicted molar refractivity (Wildman–Crippen MR) is 91.1 cm³/mol. The van der Waals surface area contributed by atoms with Gasteiger partial charge >= 0.3 is 0 Å². The van der Waals surface area contributed by atoms with Crippen LogP contribution in [-0.4, -0.2) is 32.7 Å². The van der Waals surface area contributed by atoms with Crippen molar-refractivity contribution in [2.45, 2.75) is 18.2 Å².